The molecule has 6 N–H and O–H groups in total. The summed E-state index contributed by atoms with van der Waals surface area (Å²) < 4.78 is 17.7. The number of aliphatic hydroxyl groups excluding tert-OH is 5. The van der Waals surface area contributed by atoms with Crippen LogP contribution >= 0.6 is 0 Å². The number of aromatic nitrogens is 2. The maximum absolute atomic E-state index is 12.1. The van der Waals surface area contributed by atoms with E-state index in [1.54, 1.807) is 0 Å². The van der Waals surface area contributed by atoms with Crippen LogP contribution in [0, 0.1) is 6.92 Å². The quantitative estimate of drug-likeness (QED) is 0.286. The largest absolute Gasteiger partial charge is 0.394 e. The Kier molecular flexibility index (Phi) is 6.31. The number of aliphatic hydroxyl groups is 5. The van der Waals surface area contributed by atoms with Crippen molar-refractivity contribution < 1.29 is 39.7 Å². The van der Waals surface area contributed by atoms with E-state index in [1.807, 2.05) is 0 Å². The lowest BCUT2D eigenvalue weighted by molar-refractivity contribution is -0.314. The van der Waals surface area contributed by atoms with Gasteiger partial charge in [0.05, 0.1) is 19.3 Å². The van der Waals surface area contributed by atoms with Crippen LogP contribution in [0.5, 0.6) is 0 Å². The first kappa shape index (κ1) is 21.1. The lowest BCUT2D eigenvalue weighted by Crippen LogP contribution is -2.60. The standard InChI is InChI=1S/C16H24N2O10/c1-6-3-18(16(25)17-14(6)24)10-2-7(8(4-19)26-10)27-15-13(23)12(22)11(21)9(5-20)28-15/h3,7-13,15,19-23H,2,4-5H2,1H3,(H,17,24,25)/t7?,8-,9?,10-,11-,12+,13?,15-/m1/s1. The number of hydrogen-bond acceptors (Lipinski definition) is 10. The smallest absolute Gasteiger partial charge is 0.330 e. The third kappa shape index (κ3) is 3.90. The highest BCUT2D eigenvalue weighted by molar-refractivity contribution is 5.02. The second-order valence-corrected chi connectivity index (χ2v) is 6.90. The highest BCUT2D eigenvalue weighted by atomic mass is 16.7. The molecule has 0 aliphatic carbocycles. The first-order chi connectivity index (χ1) is 13.3. The summed E-state index contributed by atoms with van der Waals surface area (Å²) >= 11 is 0. The average molecular weight is 404 g/mol. The summed E-state index contributed by atoms with van der Waals surface area (Å²) in [7, 11) is 0. The first-order valence-corrected chi connectivity index (χ1v) is 8.81. The van der Waals surface area contributed by atoms with Gasteiger partial charge in [-0.3, -0.25) is 14.3 Å². The minimum Gasteiger partial charge on any atom is -0.394 e. The Balaban J connectivity index is 1.77. The van der Waals surface area contributed by atoms with Gasteiger partial charge < -0.3 is 39.7 Å². The Morgan fingerprint density at radius 2 is 1.79 bits per heavy atom. The van der Waals surface area contributed by atoms with Gasteiger partial charge in [-0.1, -0.05) is 0 Å². The highest BCUT2D eigenvalue weighted by Gasteiger charge is 2.47. The highest BCUT2D eigenvalue weighted by Crippen LogP contribution is 2.32. The summed E-state index contributed by atoms with van der Waals surface area (Å²) in [4.78, 5) is 25.7. The minimum atomic E-state index is -1.61. The maximum atomic E-state index is 12.1. The number of nitrogens with zero attached hydrogens (tertiary/aromatic N) is 1. The van der Waals surface area contributed by atoms with Gasteiger partial charge in [0, 0.05) is 18.2 Å². The van der Waals surface area contributed by atoms with E-state index in [-0.39, 0.29) is 6.42 Å². The lowest BCUT2D eigenvalue weighted by Gasteiger charge is -2.40. The Hall–Kier alpha value is -1.64. The van der Waals surface area contributed by atoms with Gasteiger partial charge in [0.25, 0.3) is 5.56 Å². The van der Waals surface area contributed by atoms with Crippen LogP contribution in [0.15, 0.2) is 15.8 Å². The minimum absolute atomic E-state index is 0.0750. The van der Waals surface area contributed by atoms with E-state index < -0.39 is 73.6 Å². The molecule has 12 heteroatoms. The molecule has 0 bridgehead atoms. The number of hydrogen-bond donors (Lipinski definition) is 6. The van der Waals surface area contributed by atoms with Crippen LogP contribution in [-0.2, 0) is 14.2 Å². The molecule has 3 heterocycles. The van der Waals surface area contributed by atoms with Crippen molar-refractivity contribution in [1.29, 1.82) is 0 Å². The van der Waals surface area contributed by atoms with Crippen molar-refractivity contribution in [3.8, 4) is 0 Å². The number of rotatable bonds is 5. The van der Waals surface area contributed by atoms with E-state index in [4.69, 9.17) is 14.2 Å². The molecule has 2 aliphatic heterocycles. The van der Waals surface area contributed by atoms with E-state index in [0.717, 1.165) is 4.57 Å². The maximum Gasteiger partial charge on any atom is 0.330 e. The summed E-state index contributed by atoms with van der Waals surface area (Å²) in [6, 6.07) is 0. The molecule has 1 aromatic heterocycles. The van der Waals surface area contributed by atoms with Crippen LogP contribution in [0.4, 0.5) is 0 Å². The van der Waals surface area contributed by atoms with Crippen molar-refractivity contribution in [3.05, 3.63) is 32.6 Å². The fourth-order valence-electron chi connectivity index (χ4n) is 3.33. The summed E-state index contributed by atoms with van der Waals surface area (Å²) in [6.45, 7) is 0.453. The van der Waals surface area contributed by atoms with Crippen molar-refractivity contribution in [1.82, 2.24) is 9.55 Å². The zero-order chi connectivity index (χ0) is 20.6. The third-order valence-electron chi connectivity index (χ3n) is 4.97. The topological polar surface area (TPSA) is 184 Å². The average Bonchev–Trinajstić information content (AvgIpc) is 3.07. The third-order valence-corrected chi connectivity index (χ3v) is 4.97. The van der Waals surface area contributed by atoms with Gasteiger partial charge in [-0.2, -0.15) is 0 Å². The summed E-state index contributed by atoms with van der Waals surface area (Å²) in [5, 5.41) is 48.6. The van der Waals surface area contributed by atoms with E-state index in [0.29, 0.717) is 5.56 Å². The van der Waals surface area contributed by atoms with Gasteiger partial charge >= 0.3 is 5.69 Å². The van der Waals surface area contributed by atoms with Crippen LogP contribution in [0.2, 0.25) is 0 Å². The van der Waals surface area contributed by atoms with Crippen molar-refractivity contribution in [2.24, 2.45) is 0 Å². The molecule has 0 aromatic carbocycles. The summed E-state index contributed by atoms with van der Waals surface area (Å²) in [6.07, 6.45) is -8.43. The number of H-pyrrole nitrogens is 1. The molecule has 0 amide bonds. The summed E-state index contributed by atoms with van der Waals surface area (Å²) in [5.41, 5.74) is -0.917. The van der Waals surface area contributed by atoms with Crippen LogP contribution < -0.4 is 11.2 Å². The molecule has 2 fully saturated rings. The molecule has 3 unspecified atom stereocenters. The molecule has 0 spiro atoms. The van der Waals surface area contributed by atoms with Crippen molar-refractivity contribution in [3.63, 3.8) is 0 Å². The van der Waals surface area contributed by atoms with Crippen LogP contribution in [0.1, 0.15) is 18.2 Å². The molecule has 2 saturated heterocycles. The predicted octanol–water partition coefficient (Wildman–Crippen LogP) is -3.69. The second-order valence-electron chi connectivity index (χ2n) is 6.90. The normalized spacial score (nSPS) is 38.6. The molecule has 0 radical (unpaired) electrons. The van der Waals surface area contributed by atoms with Crippen molar-refractivity contribution in [2.45, 2.75) is 62.5 Å². The lowest BCUT2D eigenvalue weighted by atomic mass is 9.99. The molecule has 158 valence electrons. The van der Waals surface area contributed by atoms with E-state index in [1.165, 1.54) is 13.1 Å². The van der Waals surface area contributed by atoms with Gasteiger partial charge in [-0.25, -0.2) is 4.79 Å². The van der Waals surface area contributed by atoms with Gasteiger partial charge in [0.15, 0.2) is 6.29 Å². The monoisotopic (exact) mass is 404 g/mol. The van der Waals surface area contributed by atoms with E-state index in [9.17, 15) is 35.1 Å². The zero-order valence-electron chi connectivity index (χ0n) is 15.0. The molecule has 3 rings (SSSR count). The van der Waals surface area contributed by atoms with Gasteiger partial charge in [0.2, 0.25) is 0 Å². The van der Waals surface area contributed by atoms with E-state index in [2.05, 4.69) is 4.98 Å². The summed E-state index contributed by atoms with van der Waals surface area (Å²) in [5.74, 6) is 0. The first-order valence-electron chi connectivity index (χ1n) is 8.81. The number of ether oxygens (including phenoxy) is 3. The number of aryl methyl sites for hydroxylation is 1. The molecule has 8 atom stereocenters. The van der Waals surface area contributed by atoms with Gasteiger partial charge in [-0.05, 0) is 6.92 Å². The molecule has 0 saturated carbocycles. The van der Waals surface area contributed by atoms with Crippen LogP contribution in [-0.4, -0.2) is 91.2 Å². The molecule has 1 aromatic rings. The van der Waals surface area contributed by atoms with Crippen LogP contribution in [0.3, 0.4) is 0 Å². The second kappa shape index (κ2) is 8.39. The zero-order valence-corrected chi connectivity index (χ0v) is 15.0. The molecule has 2 aliphatic rings. The Bertz CT molecular complexity index is 792. The fourth-order valence-corrected chi connectivity index (χ4v) is 3.33. The number of nitrogens with one attached hydrogen (secondary N) is 1. The predicted molar refractivity (Wildman–Crippen MR) is 90.3 cm³/mol. The van der Waals surface area contributed by atoms with E-state index >= 15 is 0 Å². The Labute approximate surface area is 158 Å². The molecular formula is C16H24N2O10. The Morgan fingerprint density at radius 1 is 1.11 bits per heavy atom. The van der Waals surface area contributed by atoms with Crippen molar-refractivity contribution in [2.75, 3.05) is 13.2 Å². The number of aromatic amines is 1. The Morgan fingerprint density at radius 3 is 2.43 bits per heavy atom. The van der Waals surface area contributed by atoms with Gasteiger partial charge in [0.1, 0.15) is 36.7 Å². The molecule has 28 heavy (non-hydrogen) atoms. The molecular weight excluding hydrogens is 380 g/mol. The van der Waals surface area contributed by atoms with Gasteiger partial charge in [-0.15, -0.1) is 0 Å². The molecule has 12 nitrogen and oxygen atoms in total. The van der Waals surface area contributed by atoms with Crippen LogP contribution in [0.25, 0.3) is 0 Å². The SMILES string of the molecule is Cc1cn([C@H]2CC(O[C@@H]3OC(CO)[C@@H](O)[C@H](O)C3O)[C@@H](CO)O2)c(=O)[nH]c1=O. The fraction of sp³-hybridized carbons (Fsp3) is 0.750. The van der Waals surface area contributed by atoms with Crippen molar-refractivity contribution >= 4 is 0 Å².